The lowest BCUT2D eigenvalue weighted by Crippen LogP contribution is -2.35. The fraction of sp³-hybridized carbons (Fsp3) is 0.556. The fourth-order valence-corrected chi connectivity index (χ4v) is 1.04. The maximum Gasteiger partial charge on any atom is 0.260 e. The summed E-state index contributed by atoms with van der Waals surface area (Å²) in [7, 11) is 1.80. The molecule has 1 N–H and O–H groups in total. The number of aromatic nitrogens is 2. The van der Waals surface area contributed by atoms with E-state index in [4.69, 9.17) is 4.74 Å². The van der Waals surface area contributed by atoms with E-state index in [1.54, 1.807) is 31.0 Å². The van der Waals surface area contributed by atoms with E-state index in [0.29, 0.717) is 12.3 Å². The van der Waals surface area contributed by atoms with Crippen molar-refractivity contribution in [3.63, 3.8) is 0 Å². The normalized spacial score (nSPS) is 12.2. The van der Waals surface area contributed by atoms with Crippen LogP contribution in [-0.2, 0) is 11.8 Å². The lowest BCUT2D eigenvalue weighted by molar-refractivity contribution is -0.127. The number of nitrogens with zero attached hydrogens (tertiary/aromatic N) is 2. The Morgan fingerprint density at radius 2 is 2.50 bits per heavy atom. The molecule has 78 valence electrons. The zero-order valence-electron chi connectivity index (χ0n) is 8.65. The molecule has 5 heteroatoms. The van der Waals surface area contributed by atoms with Gasteiger partial charge in [-0.2, -0.15) is 5.10 Å². The Bertz CT molecular complexity index is 309. The highest BCUT2D eigenvalue weighted by Gasteiger charge is 2.13. The molecule has 0 aliphatic rings. The molecule has 0 saturated carbocycles. The maximum atomic E-state index is 11.3. The number of hydrogen-bond acceptors (Lipinski definition) is 3. The molecule has 1 unspecified atom stereocenters. The molecule has 0 aliphatic carbocycles. The van der Waals surface area contributed by atoms with Crippen molar-refractivity contribution in [1.29, 1.82) is 0 Å². The van der Waals surface area contributed by atoms with Gasteiger partial charge >= 0.3 is 0 Å². The molecule has 0 fully saturated rings. The lowest BCUT2D eigenvalue weighted by Gasteiger charge is -2.11. The second-order valence-corrected chi connectivity index (χ2v) is 3.00. The standard InChI is InChI=1S/C9H15N3O2/c1-4-10-9(13)7(2)14-8-5-11-12(3)6-8/h5-7H,4H2,1-3H3,(H,10,13). The van der Waals surface area contributed by atoms with Crippen LogP contribution in [-0.4, -0.2) is 28.3 Å². The number of carbonyl (C=O) groups is 1. The molecule has 1 heterocycles. The van der Waals surface area contributed by atoms with E-state index in [1.807, 2.05) is 6.92 Å². The van der Waals surface area contributed by atoms with Crippen LogP contribution in [0.1, 0.15) is 13.8 Å². The molecule has 14 heavy (non-hydrogen) atoms. The smallest absolute Gasteiger partial charge is 0.260 e. The lowest BCUT2D eigenvalue weighted by atomic mass is 10.4. The molecule has 0 spiro atoms. The van der Waals surface area contributed by atoms with Crippen LogP contribution in [0, 0.1) is 0 Å². The molecule has 1 atom stereocenters. The Balaban J connectivity index is 2.48. The third kappa shape index (κ3) is 2.76. The Morgan fingerprint density at radius 3 is 3.00 bits per heavy atom. The minimum atomic E-state index is -0.487. The molecular weight excluding hydrogens is 182 g/mol. The molecule has 1 rings (SSSR count). The van der Waals surface area contributed by atoms with Gasteiger partial charge in [0.25, 0.3) is 5.91 Å². The molecule has 0 bridgehead atoms. The van der Waals surface area contributed by atoms with Gasteiger partial charge in [0.05, 0.1) is 12.4 Å². The van der Waals surface area contributed by atoms with Crippen LogP contribution in [0.5, 0.6) is 5.75 Å². The minimum absolute atomic E-state index is 0.114. The van der Waals surface area contributed by atoms with Crippen molar-refractivity contribution in [2.24, 2.45) is 7.05 Å². The Labute approximate surface area is 83.1 Å². The Morgan fingerprint density at radius 1 is 1.79 bits per heavy atom. The number of rotatable bonds is 4. The monoisotopic (exact) mass is 197 g/mol. The Hall–Kier alpha value is -1.52. The zero-order valence-corrected chi connectivity index (χ0v) is 8.65. The second-order valence-electron chi connectivity index (χ2n) is 3.00. The zero-order chi connectivity index (χ0) is 10.6. The van der Waals surface area contributed by atoms with Crippen molar-refractivity contribution in [3.8, 4) is 5.75 Å². The molecule has 1 amide bonds. The first-order valence-corrected chi connectivity index (χ1v) is 4.56. The highest BCUT2D eigenvalue weighted by atomic mass is 16.5. The summed E-state index contributed by atoms with van der Waals surface area (Å²) in [5.74, 6) is 0.489. The number of nitrogens with one attached hydrogen (secondary N) is 1. The second kappa shape index (κ2) is 4.64. The first-order valence-electron chi connectivity index (χ1n) is 4.56. The van der Waals surface area contributed by atoms with Crippen molar-refractivity contribution in [2.45, 2.75) is 20.0 Å². The van der Waals surface area contributed by atoms with Crippen LogP contribution in [0.25, 0.3) is 0 Å². The summed E-state index contributed by atoms with van der Waals surface area (Å²) < 4.78 is 6.98. The SMILES string of the molecule is CCNC(=O)C(C)Oc1cnn(C)c1. The molecule has 1 aromatic heterocycles. The third-order valence-corrected chi connectivity index (χ3v) is 1.71. The summed E-state index contributed by atoms with van der Waals surface area (Å²) in [4.78, 5) is 11.3. The Kier molecular flexibility index (Phi) is 3.50. The first kappa shape index (κ1) is 10.6. The topological polar surface area (TPSA) is 56.1 Å². The number of aryl methyl sites for hydroxylation is 1. The van der Waals surface area contributed by atoms with Gasteiger partial charge in [0.15, 0.2) is 11.9 Å². The van der Waals surface area contributed by atoms with E-state index in [-0.39, 0.29) is 5.91 Å². The number of carbonyl (C=O) groups excluding carboxylic acids is 1. The van der Waals surface area contributed by atoms with Crippen molar-refractivity contribution in [1.82, 2.24) is 15.1 Å². The third-order valence-electron chi connectivity index (χ3n) is 1.71. The van der Waals surface area contributed by atoms with E-state index in [9.17, 15) is 4.79 Å². The van der Waals surface area contributed by atoms with Crippen LogP contribution < -0.4 is 10.1 Å². The molecule has 1 aromatic rings. The van der Waals surface area contributed by atoms with Crippen LogP contribution in [0.3, 0.4) is 0 Å². The van der Waals surface area contributed by atoms with E-state index in [0.717, 1.165) is 0 Å². The average Bonchev–Trinajstić information content (AvgIpc) is 2.51. The van der Waals surface area contributed by atoms with E-state index < -0.39 is 6.10 Å². The largest absolute Gasteiger partial charge is 0.478 e. The number of ether oxygens (including phenoxy) is 1. The molecule has 0 aromatic carbocycles. The van der Waals surface area contributed by atoms with Crippen molar-refractivity contribution in [2.75, 3.05) is 6.54 Å². The predicted octanol–water partition coefficient (Wildman–Crippen LogP) is 0.323. The van der Waals surface area contributed by atoms with Gasteiger partial charge in [0.2, 0.25) is 0 Å². The minimum Gasteiger partial charge on any atom is -0.478 e. The maximum absolute atomic E-state index is 11.3. The van der Waals surface area contributed by atoms with Gasteiger partial charge in [0, 0.05) is 13.6 Å². The number of likely N-dealkylation sites (N-methyl/N-ethyl adjacent to an activating group) is 1. The molecule has 0 aliphatic heterocycles. The van der Waals surface area contributed by atoms with E-state index in [1.165, 1.54) is 0 Å². The first-order chi connectivity index (χ1) is 6.63. The molecule has 0 radical (unpaired) electrons. The van der Waals surface area contributed by atoms with Gasteiger partial charge in [-0.15, -0.1) is 0 Å². The molecule has 0 saturated heterocycles. The van der Waals surface area contributed by atoms with Crippen LogP contribution in [0.2, 0.25) is 0 Å². The molecule has 5 nitrogen and oxygen atoms in total. The van der Waals surface area contributed by atoms with Crippen LogP contribution in [0.4, 0.5) is 0 Å². The van der Waals surface area contributed by atoms with Gasteiger partial charge in [-0.25, -0.2) is 0 Å². The van der Waals surface area contributed by atoms with Gasteiger partial charge < -0.3 is 10.1 Å². The van der Waals surface area contributed by atoms with Crippen molar-refractivity contribution in [3.05, 3.63) is 12.4 Å². The summed E-state index contributed by atoms with van der Waals surface area (Å²) in [6, 6.07) is 0. The fourth-order valence-electron chi connectivity index (χ4n) is 1.04. The molecular formula is C9H15N3O2. The number of hydrogen-bond donors (Lipinski definition) is 1. The average molecular weight is 197 g/mol. The number of amides is 1. The van der Waals surface area contributed by atoms with Gasteiger partial charge in [-0.3, -0.25) is 9.48 Å². The summed E-state index contributed by atoms with van der Waals surface area (Å²) >= 11 is 0. The van der Waals surface area contributed by atoms with E-state index >= 15 is 0 Å². The van der Waals surface area contributed by atoms with Crippen molar-refractivity contribution < 1.29 is 9.53 Å². The van der Waals surface area contributed by atoms with Crippen LogP contribution >= 0.6 is 0 Å². The van der Waals surface area contributed by atoms with Crippen molar-refractivity contribution >= 4 is 5.91 Å². The van der Waals surface area contributed by atoms with Gasteiger partial charge in [-0.1, -0.05) is 0 Å². The van der Waals surface area contributed by atoms with Crippen LogP contribution in [0.15, 0.2) is 12.4 Å². The summed E-state index contributed by atoms with van der Waals surface area (Å²) in [5, 5.41) is 6.62. The highest BCUT2D eigenvalue weighted by Crippen LogP contribution is 2.09. The summed E-state index contributed by atoms with van der Waals surface area (Å²) in [6.45, 7) is 4.19. The van der Waals surface area contributed by atoms with Gasteiger partial charge in [-0.05, 0) is 13.8 Å². The summed E-state index contributed by atoms with van der Waals surface area (Å²) in [5.41, 5.74) is 0. The quantitative estimate of drug-likeness (QED) is 0.756. The summed E-state index contributed by atoms with van der Waals surface area (Å²) in [6.07, 6.45) is 2.81. The van der Waals surface area contributed by atoms with Gasteiger partial charge in [0.1, 0.15) is 0 Å². The van der Waals surface area contributed by atoms with E-state index in [2.05, 4.69) is 10.4 Å². The predicted molar refractivity (Wildman–Crippen MR) is 52.0 cm³/mol. The highest BCUT2D eigenvalue weighted by molar-refractivity contribution is 5.80.